The maximum absolute atomic E-state index is 13.8. The molecule has 0 atom stereocenters. The van der Waals surface area contributed by atoms with Crippen LogP contribution in [0.15, 0.2) is 73.4 Å². The molecule has 11 heteroatoms. The number of carbonyl (C=O) groups is 1. The van der Waals surface area contributed by atoms with E-state index in [2.05, 4.69) is 47.3 Å². The normalized spacial score (nSPS) is 11.2. The second-order valence-electron chi connectivity index (χ2n) is 7.53. The van der Waals surface area contributed by atoms with E-state index in [4.69, 9.17) is 16.3 Å². The lowest BCUT2D eigenvalue weighted by Gasteiger charge is -2.13. The van der Waals surface area contributed by atoms with Gasteiger partial charge >= 0.3 is 0 Å². The van der Waals surface area contributed by atoms with E-state index >= 15 is 0 Å². The highest BCUT2D eigenvalue weighted by Crippen LogP contribution is 2.32. The monoisotopic (exact) mass is 634 g/mol. The zero-order valence-corrected chi connectivity index (χ0v) is 22.7. The number of ether oxygens (including phenoxy) is 1. The number of para-hydroxylation sites is 1. The van der Waals surface area contributed by atoms with Gasteiger partial charge in [0.25, 0.3) is 11.5 Å². The molecule has 7 nitrogen and oxygen atoms in total. The Morgan fingerprint density at radius 3 is 2.75 bits per heavy atom. The molecule has 0 aliphatic rings. The van der Waals surface area contributed by atoms with Gasteiger partial charge in [-0.15, -0.1) is 0 Å². The van der Waals surface area contributed by atoms with Crippen molar-refractivity contribution < 1.29 is 13.9 Å². The summed E-state index contributed by atoms with van der Waals surface area (Å²) < 4.78 is 22.0. The highest BCUT2D eigenvalue weighted by Gasteiger charge is 2.14. The third-order valence-corrected chi connectivity index (χ3v) is 6.34. The van der Waals surface area contributed by atoms with Crippen LogP contribution in [-0.4, -0.2) is 28.4 Å². The first kappa shape index (κ1) is 26.0. The lowest BCUT2D eigenvalue weighted by atomic mass is 10.2. The Kier molecular flexibility index (Phi) is 8.17. The molecule has 1 amide bonds. The Hall–Kier alpha value is -3.08. The van der Waals surface area contributed by atoms with Crippen LogP contribution >= 0.6 is 43.5 Å². The molecular formula is C25H18Br2ClFN4O3. The molecule has 0 unspecified atom stereocenters. The summed E-state index contributed by atoms with van der Waals surface area (Å²) in [6.45, 7) is 1.47. The van der Waals surface area contributed by atoms with Gasteiger partial charge in [-0.3, -0.25) is 9.59 Å². The van der Waals surface area contributed by atoms with Crippen LogP contribution in [0.5, 0.6) is 5.75 Å². The van der Waals surface area contributed by atoms with Gasteiger partial charge in [0.1, 0.15) is 17.4 Å². The predicted molar refractivity (Wildman–Crippen MR) is 146 cm³/mol. The molecule has 1 heterocycles. The number of nitrogens with one attached hydrogen (secondary N) is 1. The topological polar surface area (TPSA) is 85.6 Å². The van der Waals surface area contributed by atoms with Gasteiger partial charge < -0.3 is 10.1 Å². The van der Waals surface area contributed by atoms with Crippen LogP contribution in [-0.2, 0) is 11.2 Å². The van der Waals surface area contributed by atoms with E-state index < -0.39 is 18.3 Å². The molecule has 0 radical (unpaired) electrons. The number of carbonyl (C=O) groups excluding carboxylic acids is 1. The fourth-order valence-corrected chi connectivity index (χ4v) is 4.69. The molecule has 0 aliphatic heterocycles. The van der Waals surface area contributed by atoms with Gasteiger partial charge in [-0.05, 0) is 58.4 Å². The van der Waals surface area contributed by atoms with Crippen molar-refractivity contribution in [1.82, 2.24) is 9.66 Å². The van der Waals surface area contributed by atoms with Crippen molar-refractivity contribution in [3.63, 3.8) is 0 Å². The quantitative estimate of drug-likeness (QED) is 0.246. The number of benzene rings is 3. The summed E-state index contributed by atoms with van der Waals surface area (Å²) in [4.78, 5) is 30.1. The predicted octanol–water partition coefficient (Wildman–Crippen LogP) is 6.18. The molecule has 4 rings (SSSR count). The van der Waals surface area contributed by atoms with E-state index in [1.165, 1.54) is 29.1 Å². The molecule has 0 saturated heterocycles. The Labute approximate surface area is 227 Å². The molecule has 0 fully saturated rings. The second-order valence-corrected chi connectivity index (χ2v) is 9.73. The van der Waals surface area contributed by atoms with Crippen LogP contribution in [0, 0.1) is 5.82 Å². The SMILES string of the molecule is CCc1nc2ccc(Br)cc2c(=O)n1N=Cc1cc(Cl)cc(Br)c1OCC(=O)Nc1ccccc1F. The third kappa shape index (κ3) is 5.83. The summed E-state index contributed by atoms with van der Waals surface area (Å²) in [6, 6.07) is 14.3. The van der Waals surface area contributed by atoms with Crippen molar-refractivity contribution in [1.29, 1.82) is 0 Å². The Balaban J connectivity index is 1.64. The fourth-order valence-electron chi connectivity index (χ4n) is 3.38. The van der Waals surface area contributed by atoms with Gasteiger partial charge in [0.2, 0.25) is 0 Å². The summed E-state index contributed by atoms with van der Waals surface area (Å²) in [7, 11) is 0. The van der Waals surface area contributed by atoms with Gasteiger partial charge in [-0.1, -0.05) is 46.6 Å². The van der Waals surface area contributed by atoms with E-state index in [1.807, 2.05) is 13.0 Å². The third-order valence-electron chi connectivity index (χ3n) is 5.04. The summed E-state index contributed by atoms with van der Waals surface area (Å²) in [5.41, 5.74) is 0.699. The largest absolute Gasteiger partial charge is 0.482 e. The van der Waals surface area contributed by atoms with E-state index in [0.29, 0.717) is 38.2 Å². The number of amides is 1. The Bertz CT molecular complexity index is 1560. The summed E-state index contributed by atoms with van der Waals surface area (Å²) in [5.74, 6) is -0.369. The minimum atomic E-state index is -0.557. The van der Waals surface area contributed by atoms with Crippen LogP contribution in [0.25, 0.3) is 10.9 Å². The summed E-state index contributed by atoms with van der Waals surface area (Å²) in [6.07, 6.45) is 1.88. The molecular weight excluding hydrogens is 619 g/mol. The van der Waals surface area contributed by atoms with E-state index in [0.717, 1.165) is 4.47 Å². The molecule has 184 valence electrons. The smallest absolute Gasteiger partial charge is 0.282 e. The highest BCUT2D eigenvalue weighted by atomic mass is 79.9. The van der Waals surface area contributed by atoms with Gasteiger partial charge in [0, 0.05) is 21.5 Å². The Morgan fingerprint density at radius 1 is 1.22 bits per heavy atom. The molecule has 36 heavy (non-hydrogen) atoms. The number of rotatable bonds is 7. The van der Waals surface area contributed by atoms with E-state index in [-0.39, 0.29) is 17.0 Å². The van der Waals surface area contributed by atoms with Crippen molar-refractivity contribution in [2.24, 2.45) is 5.10 Å². The van der Waals surface area contributed by atoms with Crippen molar-refractivity contribution in [2.75, 3.05) is 11.9 Å². The van der Waals surface area contributed by atoms with Crippen molar-refractivity contribution in [2.45, 2.75) is 13.3 Å². The fraction of sp³-hybridized carbons (Fsp3) is 0.120. The number of halogens is 4. The van der Waals surface area contributed by atoms with Gasteiger partial charge in [0.15, 0.2) is 6.61 Å². The average molecular weight is 637 g/mol. The number of aromatic nitrogens is 2. The van der Waals surface area contributed by atoms with Gasteiger partial charge in [-0.25, -0.2) is 9.37 Å². The molecule has 4 aromatic rings. The maximum Gasteiger partial charge on any atom is 0.282 e. The summed E-state index contributed by atoms with van der Waals surface area (Å²) >= 11 is 13.0. The Morgan fingerprint density at radius 2 is 2.00 bits per heavy atom. The maximum atomic E-state index is 13.8. The number of fused-ring (bicyclic) bond motifs is 1. The number of hydrogen-bond acceptors (Lipinski definition) is 5. The molecule has 1 N–H and O–H groups in total. The van der Waals surface area contributed by atoms with Crippen LogP contribution in [0.1, 0.15) is 18.3 Å². The molecule has 0 bridgehead atoms. The number of hydrogen-bond donors (Lipinski definition) is 1. The number of aryl methyl sites for hydroxylation is 1. The van der Waals surface area contributed by atoms with Crippen LogP contribution < -0.4 is 15.6 Å². The van der Waals surface area contributed by atoms with Crippen LogP contribution in [0.4, 0.5) is 10.1 Å². The zero-order chi connectivity index (χ0) is 25.8. The van der Waals surface area contributed by atoms with E-state index in [1.54, 1.807) is 30.3 Å². The van der Waals surface area contributed by atoms with Crippen molar-refractivity contribution >= 4 is 72.2 Å². The van der Waals surface area contributed by atoms with Gasteiger partial charge in [-0.2, -0.15) is 9.78 Å². The average Bonchev–Trinajstić information content (AvgIpc) is 2.84. The molecule has 0 saturated carbocycles. The second kappa shape index (κ2) is 11.3. The van der Waals surface area contributed by atoms with Crippen LogP contribution in [0.2, 0.25) is 5.02 Å². The molecule has 0 spiro atoms. The molecule has 3 aromatic carbocycles. The minimum Gasteiger partial charge on any atom is -0.482 e. The zero-order valence-electron chi connectivity index (χ0n) is 18.8. The van der Waals surface area contributed by atoms with Gasteiger partial charge in [0.05, 0.1) is 27.3 Å². The first-order chi connectivity index (χ1) is 17.3. The van der Waals surface area contributed by atoms with Crippen molar-refractivity contribution in [3.05, 3.63) is 96.1 Å². The molecule has 0 aliphatic carbocycles. The first-order valence-electron chi connectivity index (χ1n) is 10.7. The van der Waals surface area contributed by atoms with Crippen LogP contribution in [0.3, 0.4) is 0 Å². The highest BCUT2D eigenvalue weighted by molar-refractivity contribution is 9.10. The number of anilines is 1. The van der Waals surface area contributed by atoms with Crippen molar-refractivity contribution in [3.8, 4) is 5.75 Å². The lowest BCUT2D eigenvalue weighted by molar-refractivity contribution is -0.118. The van der Waals surface area contributed by atoms with E-state index in [9.17, 15) is 14.0 Å². The summed E-state index contributed by atoms with van der Waals surface area (Å²) in [5, 5.41) is 7.62. The molecule has 1 aromatic heterocycles. The lowest BCUT2D eigenvalue weighted by Crippen LogP contribution is -2.22. The first-order valence-corrected chi connectivity index (χ1v) is 12.6. The standard InChI is InChI=1S/C25H18Br2ClFN4O3/c1-2-22-31-20-8-7-15(26)10-17(20)25(35)33(22)30-12-14-9-16(28)11-18(27)24(14)36-13-23(34)32-21-6-4-3-5-19(21)29/h3-12H,2,13H2,1H3,(H,32,34). The minimum absolute atomic E-state index is 0.0463. The number of nitrogens with zero attached hydrogens (tertiary/aromatic N) is 3.